The van der Waals surface area contributed by atoms with Crippen LogP contribution in [-0.2, 0) is 4.74 Å². The zero-order chi connectivity index (χ0) is 10.3. The van der Waals surface area contributed by atoms with Crippen molar-refractivity contribution < 1.29 is 4.74 Å². The highest BCUT2D eigenvalue weighted by Crippen LogP contribution is 2.33. The van der Waals surface area contributed by atoms with E-state index in [4.69, 9.17) is 4.74 Å². The summed E-state index contributed by atoms with van der Waals surface area (Å²) in [6, 6.07) is 7.11. The summed E-state index contributed by atoms with van der Waals surface area (Å²) < 4.78 is 5.50. The van der Waals surface area contributed by atoms with Gasteiger partial charge in [-0.25, -0.2) is 0 Å². The maximum atomic E-state index is 5.50. The molecule has 1 N–H and O–H groups in total. The fourth-order valence-corrected chi connectivity index (χ4v) is 2.40. The van der Waals surface area contributed by atoms with E-state index in [0.29, 0.717) is 6.04 Å². The smallest absolute Gasteiger partial charge is 0.0697 e. The van der Waals surface area contributed by atoms with Crippen LogP contribution in [0, 0.1) is 6.92 Å². The van der Waals surface area contributed by atoms with E-state index in [1.54, 1.807) is 0 Å². The van der Waals surface area contributed by atoms with Gasteiger partial charge in [0.1, 0.15) is 0 Å². The van der Waals surface area contributed by atoms with E-state index in [2.05, 4.69) is 35.3 Å². The molecule has 1 saturated heterocycles. The molecule has 1 unspecified atom stereocenters. The van der Waals surface area contributed by atoms with Crippen molar-refractivity contribution >= 4 is 11.4 Å². The van der Waals surface area contributed by atoms with Crippen LogP contribution in [0.4, 0.5) is 11.4 Å². The largest absolute Gasteiger partial charge is 0.381 e. The quantitative estimate of drug-likeness (QED) is 0.695. The summed E-state index contributed by atoms with van der Waals surface area (Å²) in [6.07, 6.45) is 0. The van der Waals surface area contributed by atoms with E-state index in [1.807, 2.05) is 0 Å². The molecule has 0 amide bonds. The number of fused-ring (bicyclic) bond motifs is 3. The Labute approximate surface area is 90.0 Å². The molecule has 1 fully saturated rings. The predicted octanol–water partition coefficient (Wildman–Crippen LogP) is 1.63. The Bertz CT molecular complexity index is 378. The monoisotopic (exact) mass is 204 g/mol. The maximum Gasteiger partial charge on any atom is 0.0697 e. The first-order valence-corrected chi connectivity index (χ1v) is 5.53. The molecular weight excluding hydrogens is 188 g/mol. The normalized spacial score (nSPS) is 24.1. The Morgan fingerprint density at radius 1 is 1.47 bits per heavy atom. The molecular formula is C12H16N2O. The molecule has 2 aliphatic rings. The van der Waals surface area contributed by atoms with Crippen molar-refractivity contribution in [2.75, 3.05) is 36.5 Å². The van der Waals surface area contributed by atoms with Crippen molar-refractivity contribution in [1.82, 2.24) is 0 Å². The van der Waals surface area contributed by atoms with Gasteiger partial charge in [0, 0.05) is 13.1 Å². The van der Waals surface area contributed by atoms with Gasteiger partial charge in [0.05, 0.1) is 30.6 Å². The SMILES string of the molecule is Cc1ccc2c(c1)N1CCOCC1CN2. The molecule has 2 aliphatic heterocycles. The first-order chi connectivity index (χ1) is 7.34. The molecule has 0 aliphatic carbocycles. The van der Waals surface area contributed by atoms with Crippen molar-refractivity contribution in [2.24, 2.45) is 0 Å². The van der Waals surface area contributed by atoms with Gasteiger partial charge in [0.25, 0.3) is 0 Å². The van der Waals surface area contributed by atoms with Crippen LogP contribution in [0.25, 0.3) is 0 Å². The fraction of sp³-hybridized carbons (Fsp3) is 0.500. The van der Waals surface area contributed by atoms with Crippen LogP contribution in [0.5, 0.6) is 0 Å². The average Bonchev–Trinajstić information content (AvgIpc) is 2.29. The van der Waals surface area contributed by atoms with Crippen molar-refractivity contribution in [3.8, 4) is 0 Å². The first kappa shape index (κ1) is 9.04. The van der Waals surface area contributed by atoms with Crippen LogP contribution in [0.1, 0.15) is 5.56 Å². The number of anilines is 2. The van der Waals surface area contributed by atoms with Gasteiger partial charge in [-0.05, 0) is 24.6 Å². The molecule has 1 aromatic carbocycles. The molecule has 3 rings (SSSR count). The van der Waals surface area contributed by atoms with Gasteiger partial charge in [-0.2, -0.15) is 0 Å². The zero-order valence-electron chi connectivity index (χ0n) is 8.99. The summed E-state index contributed by atoms with van der Waals surface area (Å²) in [5.74, 6) is 0. The number of aryl methyl sites for hydroxylation is 1. The highest BCUT2D eigenvalue weighted by molar-refractivity contribution is 5.73. The molecule has 2 heterocycles. The van der Waals surface area contributed by atoms with Crippen LogP contribution in [0.15, 0.2) is 18.2 Å². The molecule has 80 valence electrons. The molecule has 15 heavy (non-hydrogen) atoms. The average molecular weight is 204 g/mol. The van der Waals surface area contributed by atoms with Crippen LogP contribution < -0.4 is 10.2 Å². The number of hydrogen-bond donors (Lipinski definition) is 1. The van der Waals surface area contributed by atoms with Gasteiger partial charge < -0.3 is 15.0 Å². The minimum Gasteiger partial charge on any atom is -0.381 e. The Balaban J connectivity index is 2.01. The second-order valence-corrected chi connectivity index (χ2v) is 4.32. The Morgan fingerprint density at radius 2 is 2.40 bits per heavy atom. The van der Waals surface area contributed by atoms with E-state index in [1.165, 1.54) is 16.9 Å². The number of nitrogens with one attached hydrogen (secondary N) is 1. The Morgan fingerprint density at radius 3 is 3.33 bits per heavy atom. The lowest BCUT2D eigenvalue weighted by atomic mass is 10.1. The van der Waals surface area contributed by atoms with Gasteiger partial charge in [-0.3, -0.25) is 0 Å². The van der Waals surface area contributed by atoms with Gasteiger partial charge in [-0.1, -0.05) is 6.07 Å². The Hall–Kier alpha value is -1.22. The summed E-state index contributed by atoms with van der Waals surface area (Å²) >= 11 is 0. The molecule has 3 nitrogen and oxygen atoms in total. The molecule has 0 bridgehead atoms. The second kappa shape index (κ2) is 3.42. The Kier molecular flexibility index (Phi) is 2.06. The molecule has 0 spiro atoms. The first-order valence-electron chi connectivity index (χ1n) is 5.53. The minimum atomic E-state index is 0.507. The van der Waals surface area contributed by atoms with Crippen molar-refractivity contribution in [3.63, 3.8) is 0 Å². The number of ether oxygens (including phenoxy) is 1. The van der Waals surface area contributed by atoms with Crippen molar-refractivity contribution in [1.29, 1.82) is 0 Å². The highest BCUT2D eigenvalue weighted by atomic mass is 16.5. The molecule has 1 atom stereocenters. The molecule has 0 saturated carbocycles. The van der Waals surface area contributed by atoms with Crippen LogP contribution in [0.3, 0.4) is 0 Å². The zero-order valence-corrected chi connectivity index (χ0v) is 8.99. The van der Waals surface area contributed by atoms with E-state index in [-0.39, 0.29) is 0 Å². The standard InChI is InChI=1S/C12H16N2O/c1-9-2-3-11-12(6-9)14-4-5-15-8-10(14)7-13-11/h2-3,6,10,13H,4-5,7-8H2,1H3. The van der Waals surface area contributed by atoms with Gasteiger partial charge in [0.15, 0.2) is 0 Å². The molecule has 1 aromatic rings. The predicted molar refractivity (Wildman–Crippen MR) is 61.6 cm³/mol. The van der Waals surface area contributed by atoms with E-state index in [9.17, 15) is 0 Å². The van der Waals surface area contributed by atoms with E-state index < -0.39 is 0 Å². The third kappa shape index (κ3) is 1.47. The summed E-state index contributed by atoms with van der Waals surface area (Å²) in [5, 5.41) is 3.47. The van der Waals surface area contributed by atoms with Gasteiger partial charge in [-0.15, -0.1) is 0 Å². The van der Waals surface area contributed by atoms with Gasteiger partial charge in [0.2, 0.25) is 0 Å². The number of hydrogen-bond acceptors (Lipinski definition) is 3. The summed E-state index contributed by atoms with van der Waals surface area (Å²) in [7, 11) is 0. The number of benzene rings is 1. The summed E-state index contributed by atoms with van der Waals surface area (Å²) in [6.45, 7) is 5.85. The van der Waals surface area contributed by atoms with Crippen molar-refractivity contribution in [3.05, 3.63) is 23.8 Å². The topological polar surface area (TPSA) is 24.5 Å². The number of nitrogens with zero attached hydrogens (tertiary/aromatic N) is 1. The summed E-state index contributed by atoms with van der Waals surface area (Å²) in [5.41, 5.74) is 3.93. The third-order valence-electron chi connectivity index (χ3n) is 3.22. The lowest BCUT2D eigenvalue weighted by molar-refractivity contribution is 0.0964. The molecule has 0 aromatic heterocycles. The second-order valence-electron chi connectivity index (χ2n) is 4.32. The fourth-order valence-electron chi connectivity index (χ4n) is 2.40. The third-order valence-corrected chi connectivity index (χ3v) is 3.22. The maximum absolute atomic E-state index is 5.50. The van der Waals surface area contributed by atoms with E-state index >= 15 is 0 Å². The lowest BCUT2D eigenvalue weighted by Crippen LogP contribution is -2.51. The van der Waals surface area contributed by atoms with Crippen LogP contribution >= 0.6 is 0 Å². The number of rotatable bonds is 0. The van der Waals surface area contributed by atoms with Crippen molar-refractivity contribution in [2.45, 2.75) is 13.0 Å². The molecule has 3 heteroatoms. The molecule has 0 radical (unpaired) electrons. The minimum absolute atomic E-state index is 0.507. The van der Waals surface area contributed by atoms with E-state index in [0.717, 1.165) is 26.3 Å². The summed E-state index contributed by atoms with van der Waals surface area (Å²) in [4.78, 5) is 2.47. The van der Waals surface area contributed by atoms with Gasteiger partial charge >= 0.3 is 0 Å². The highest BCUT2D eigenvalue weighted by Gasteiger charge is 2.28. The number of morpholine rings is 1. The van der Waals surface area contributed by atoms with Crippen LogP contribution in [0.2, 0.25) is 0 Å². The lowest BCUT2D eigenvalue weighted by Gasteiger charge is -2.42. The van der Waals surface area contributed by atoms with Crippen LogP contribution in [-0.4, -0.2) is 32.3 Å².